The van der Waals surface area contributed by atoms with Gasteiger partial charge in [-0.25, -0.2) is 0 Å². The van der Waals surface area contributed by atoms with Crippen LogP contribution >= 0.6 is 11.3 Å². The van der Waals surface area contributed by atoms with E-state index in [2.05, 4.69) is 27.4 Å². The largest absolute Gasteiger partial charge is 0.496 e. The summed E-state index contributed by atoms with van der Waals surface area (Å²) in [7, 11) is 2.99. The second-order valence-corrected chi connectivity index (χ2v) is 10.7. The molecule has 6 rings (SSSR count). The van der Waals surface area contributed by atoms with Crippen molar-refractivity contribution in [1.82, 2.24) is 10.2 Å². The molecule has 2 amide bonds. The van der Waals surface area contributed by atoms with Crippen molar-refractivity contribution in [3.63, 3.8) is 0 Å². The van der Waals surface area contributed by atoms with Crippen LogP contribution in [0.4, 0.5) is 24.0 Å². The number of methoxy groups -OCH3 is 1. The quantitative estimate of drug-likeness (QED) is 0.459. The van der Waals surface area contributed by atoms with Gasteiger partial charge in [-0.2, -0.15) is 13.2 Å². The van der Waals surface area contributed by atoms with E-state index in [1.54, 1.807) is 19.2 Å². The molecule has 1 aliphatic heterocycles. The molecule has 1 N–H and O–H groups in total. The fraction of sp³-hybridized carbons (Fsp3) is 0.333. The van der Waals surface area contributed by atoms with E-state index in [0.717, 1.165) is 36.3 Å². The molecule has 3 aromatic rings. The van der Waals surface area contributed by atoms with E-state index >= 15 is 0 Å². The molecule has 0 saturated heterocycles. The number of likely N-dealkylation sites (N-methyl/N-ethyl adjacent to an activating group) is 1. The van der Waals surface area contributed by atoms with Gasteiger partial charge in [-0.1, -0.05) is 17.3 Å². The zero-order valence-electron chi connectivity index (χ0n) is 20.4. The maximum atomic E-state index is 13.6. The summed E-state index contributed by atoms with van der Waals surface area (Å²) in [5.74, 6) is 5.89. The SMILES string of the molecule is COc1ccc(C(F)(F)F)cc1-c1cc2c(cc1C(=O)Nc1nnc(C#CC3CC3)s1)N(C)C(=O)C21CC1. The average Bonchev–Trinajstić information content (AvgIpc) is 3.82. The second-order valence-electron chi connectivity index (χ2n) is 9.68. The van der Waals surface area contributed by atoms with Crippen molar-refractivity contribution in [2.45, 2.75) is 37.3 Å². The van der Waals surface area contributed by atoms with Crippen molar-refractivity contribution in [3.05, 3.63) is 52.0 Å². The molecule has 0 bridgehead atoms. The molecule has 0 unspecified atom stereocenters. The van der Waals surface area contributed by atoms with Crippen LogP contribution in [0.15, 0.2) is 30.3 Å². The van der Waals surface area contributed by atoms with Crippen LogP contribution in [0.5, 0.6) is 5.75 Å². The Morgan fingerprint density at radius 1 is 1.18 bits per heavy atom. The molecule has 2 aromatic carbocycles. The fourth-order valence-corrected chi connectivity index (χ4v) is 5.39. The Morgan fingerprint density at radius 3 is 2.61 bits per heavy atom. The molecule has 38 heavy (non-hydrogen) atoms. The number of nitrogens with one attached hydrogen (secondary N) is 1. The first-order valence-corrected chi connectivity index (χ1v) is 12.8. The van der Waals surface area contributed by atoms with E-state index in [9.17, 15) is 22.8 Å². The molecule has 1 aromatic heterocycles. The lowest BCUT2D eigenvalue weighted by atomic mass is 9.89. The number of hydrogen-bond acceptors (Lipinski definition) is 6. The van der Waals surface area contributed by atoms with E-state index in [1.807, 2.05) is 0 Å². The van der Waals surface area contributed by atoms with Crippen molar-refractivity contribution in [2.75, 3.05) is 24.4 Å². The number of halogens is 3. The van der Waals surface area contributed by atoms with Gasteiger partial charge in [0.2, 0.25) is 11.0 Å². The minimum absolute atomic E-state index is 0.0829. The second kappa shape index (κ2) is 8.56. The van der Waals surface area contributed by atoms with Crippen LogP contribution in [0.2, 0.25) is 0 Å². The smallest absolute Gasteiger partial charge is 0.416 e. The molecular weight excluding hydrogens is 517 g/mol. The average molecular weight is 539 g/mol. The van der Waals surface area contributed by atoms with Gasteiger partial charge in [0.15, 0.2) is 5.01 Å². The zero-order chi connectivity index (χ0) is 26.8. The topological polar surface area (TPSA) is 84.4 Å². The molecule has 2 saturated carbocycles. The Bertz CT molecular complexity index is 1560. The molecular formula is C27H21F3N4O3S. The van der Waals surface area contributed by atoms with E-state index in [4.69, 9.17) is 4.74 Å². The molecule has 3 aliphatic rings. The first kappa shape index (κ1) is 24.4. The molecule has 2 aliphatic carbocycles. The van der Waals surface area contributed by atoms with E-state index < -0.39 is 23.1 Å². The normalized spacial score (nSPS) is 17.2. The minimum Gasteiger partial charge on any atom is -0.496 e. The highest BCUT2D eigenvalue weighted by Crippen LogP contribution is 2.58. The lowest BCUT2D eigenvalue weighted by Crippen LogP contribution is -2.28. The number of benzene rings is 2. The van der Waals surface area contributed by atoms with Gasteiger partial charge in [-0.15, -0.1) is 10.2 Å². The maximum absolute atomic E-state index is 13.6. The third kappa shape index (κ3) is 4.09. The predicted octanol–water partition coefficient (Wildman–Crippen LogP) is 5.25. The number of fused-ring (bicyclic) bond motifs is 2. The summed E-state index contributed by atoms with van der Waals surface area (Å²) in [6, 6.07) is 6.34. The number of rotatable bonds is 4. The molecule has 0 atom stereocenters. The fourth-order valence-electron chi connectivity index (χ4n) is 4.79. The summed E-state index contributed by atoms with van der Waals surface area (Å²) < 4.78 is 46.3. The van der Waals surface area contributed by atoms with E-state index in [0.29, 0.717) is 35.0 Å². The Labute approximate surface area is 220 Å². The van der Waals surface area contributed by atoms with Gasteiger partial charge in [-0.05, 0) is 73.1 Å². The molecule has 7 nitrogen and oxygen atoms in total. The Kier molecular flexibility index (Phi) is 5.50. The van der Waals surface area contributed by atoms with Crippen LogP contribution < -0.4 is 15.0 Å². The van der Waals surface area contributed by atoms with Crippen molar-refractivity contribution >= 4 is 34.0 Å². The lowest BCUT2D eigenvalue weighted by Gasteiger charge is -2.18. The predicted molar refractivity (Wildman–Crippen MR) is 135 cm³/mol. The number of aromatic nitrogens is 2. The number of nitrogens with zero attached hydrogens (tertiary/aromatic N) is 3. The monoisotopic (exact) mass is 538 g/mol. The molecule has 194 valence electrons. The number of amides is 2. The van der Waals surface area contributed by atoms with Crippen molar-refractivity contribution in [2.24, 2.45) is 5.92 Å². The van der Waals surface area contributed by atoms with Crippen LogP contribution in [-0.2, 0) is 16.4 Å². The van der Waals surface area contributed by atoms with Gasteiger partial charge in [-0.3, -0.25) is 14.9 Å². The Morgan fingerprint density at radius 2 is 1.95 bits per heavy atom. The molecule has 2 fully saturated rings. The number of anilines is 2. The molecule has 1 spiro atoms. The number of alkyl halides is 3. The van der Waals surface area contributed by atoms with Crippen LogP contribution in [0.3, 0.4) is 0 Å². The maximum Gasteiger partial charge on any atom is 0.416 e. The standard InChI is InChI=1S/C27H21F3N4O3S/c1-34-20-13-18(23(35)31-25-33-32-22(38-25)8-5-14-3-4-14)16(12-19(20)26(9-10-26)24(34)36)17-11-15(27(28,29)30)6-7-21(17)37-2/h6-7,11-14H,3-4,9-10H2,1-2H3,(H,31,33,35). The molecule has 11 heteroatoms. The highest BCUT2D eigenvalue weighted by atomic mass is 32.1. The summed E-state index contributed by atoms with van der Waals surface area (Å²) in [5, 5.41) is 11.4. The van der Waals surface area contributed by atoms with Gasteiger partial charge in [0, 0.05) is 29.8 Å². The van der Waals surface area contributed by atoms with Gasteiger partial charge < -0.3 is 9.64 Å². The van der Waals surface area contributed by atoms with Gasteiger partial charge in [0.25, 0.3) is 5.91 Å². The third-order valence-corrected chi connectivity index (χ3v) is 7.90. The van der Waals surface area contributed by atoms with Crippen LogP contribution in [0, 0.1) is 17.8 Å². The van der Waals surface area contributed by atoms with Gasteiger partial charge in [0.1, 0.15) is 5.75 Å². The van der Waals surface area contributed by atoms with Crippen LogP contribution in [0.25, 0.3) is 11.1 Å². The van der Waals surface area contributed by atoms with Crippen molar-refractivity contribution in [1.29, 1.82) is 0 Å². The van der Waals surface area contributed by atoms with Crippen molar-refractivity contribution in [3.8, 4) is 28.7 Å². The zero-order valence-corrected chi connectivity index (χ0v) is 21.2. The summed E-state index contributed by atoms with van der Waals surface area (Å²) in [6.07, 6.45) is -1.19. The Balaban J connectivity index is 1.46. The third-order valence-electron chi connectivity index (χ3n) is 7.14. The summed E-state index contributed by atoms with van der Waals surface area (Å²) in [5.41, 5.74) is 0.0946. The van der Waals surface area contributed by atoms with E-state index in [-0.39, 0.29) is 33.5 Å². The lowest BCUT2D eigenvalue weighted by molar-refractivity contribution is -0.137. The first-order chi connectivity index (χ1) is 18.1. The van der Waals surface area contributed by atoms with Crippen LogP contribution in [0.1, 0.15) is 52.2 Å². The summed E-state index contributed by atoms with van der Waals surface area (Å²) in [4.78, 5) is 28.1. The highest BCUT2D eigenvalue weighted by molar-refractivity contribution is 7.15. The minimum atomic E-state index is -4.60. The molecule has 2 heterocycles. The number of carbonyl (C=O) groups excluding carboxylic acids is 2. The first-order valence-electron chi connectivity index (χ1n) is 12.0. The molecule has 0 radical (unpaired) electrons. The van der Waals surface area contributed by atoms with Crippen molar-refractivity contribution < 1.29 is 27.5 Å². The number of carbonyl (C=O) groups is 2. The number of hydrogen-bond donors (Lipinski definition) is 1. The summed E-state index contributed by atoms with van der Waals surface area (Å²) >= 11 is 1.11. The van der Waals surface area contributed by atoms with Gasteiger partial charge >= 0.3 is 6.18 Å². The highest BCUT2D eigenvalue weighted by Gasteiger charge is 2.58. The van der Waals surface area contributed by atoms with Gasteiger partial charge in [0.05, 0.1) is 18.1 Å². The summed E-state index contributed by atoms with van der Waals surface area (Å²) in [6.45, 7) is 0. The Hall–Kier alpha value is -3.91. The van der Waals surface area contributed by atoms with E-state index in [1.165, 1.54) is 18.1 Å². The van der Waals surface area contributed by atoms with Crippen LogP contribution in [-0.4, -0.2) is 36.2 Å². The number of ether oxygens (including phenoxy) is 1.